The smallest absolute Gasteiger partial charge is 0.169 e. The zero-order valence-electron chi connectivity index (χ0n) is 19.8. The van der Waals surface area contributed by atoms with Gasteiger partial charge in [-0.05, 0) is 90.3 Å². The van der Waals surface area contributed by atoms with Gasteiger partial charge in [0.05, 0.1) is 12.8 Å². The predicted molar refractivity (Wildman–Crippen MR) is 151 cm³/mol. The molecule has 4 aromatic rings. The van der Waals surface area contributed by atoms with E-state index in [9.17, 15) is 5.11 Å². The normalized spacial score (nSPS) is 11.4. The van der Waals surface area contributed by atoms with Crippen LogP contribution < -0.4 is 4.74 Å². The zero-order valence-corrected chi connectivity index (χ0v) is 22.1. The molecule has 0 heterocycles. The van der Waals surface area contributed by atoms with Gasteiger partial charge in [-0.2, -0.15) is 0 Å². The van der Waals surface area contributed by atoms with Crippen LogP contribution >= 0.6 is 35.0 Å². The fourth-order valence-corrected chi connectivity index (χ4v) is 4.68. The number of phenolic OH excluding ortho intramolecular Hbond substituents is 1. The molecule has 0 aromatic heterocycles. The SMILES string of the molecule is COc1ccc(CCN(Cc2ccc(O)cc2)C(=Nc2ccc(Cl)cc2)Sc2ccc(Cl)cc2)cc1. The molecule has 0 saturated heterocycles. The van der Waals surface area contributed by atoms with E-state index in [1.807, 2.05) is 72.8 Å². The average molecular weight is 538 g/mol. The van der Waals surface area contributed by atoms with E-state index in [4.69, 9.17) is 32.9 Å². The number of phenols is 1. The largest absolute Gasteiger partial charge is 0.508 e. The summed E-state index contributed by atoms with van der Waals surface area (Å²) in [5.74, 6) is 1.08. The lowest BCUT2D eigenvalue weighted by Crippen LogP contribution is -2.30. The third kappa shape index (κ3) is 7.69. The number of nitrogens with zero attached hydrogens (tertiary/aromatic N) is 2. The molecule has 0 aliphatic rings. The van der Waals surface area contributed by atoms with Crippen molar-refractivity contribution in [2.75, 3.05) is 13.7 Å². The van der Waals surface area contributed by atoms with Crippen LogP contribution in [0.25, 0.3) is 0 Å². The van der Waals surface area contributed by atoms with Gasteiger partial charge >= 0.3 is 0 Å². The molecule has 0 fully saturated rings. The lowest BCUT2D eigenvalue weighted by atomic mass is 10.1. The number of methoxy groups -OCH3 is 1. The van der Waals surface area contributed by atoms with E-state index in [1.165, 1.54) is 5.56 Å². The number of hydrogen-bond donors (Lipinski definition) is 1. The molecule has 4 nitrogen and oxygen atoms in total. The maximum atomic E-state index is 9.76. The summed E-state index contributed by atoms with van der Waals surface area (Å²) in [5.41, 5.74) is 3.09. The number of rotatable bonds is 8. The Balaban J connectivity index is 1.67. The van der Waals surface area contributed by atoms with Crippen LogP contribution in [0.1, 0.15) is 11.1 Å². The monoisotopic (exact) mass is 536 g/mol. The van der Waals surface area contributed by atoms with Crippen LogP contribution in [0.15, 0.2) is 107 Å². The molecule has 0 bridgehead atoms. The second-order valence-electron chi connectivity index (χ2n) is 8.11. The molecule has 4 aromatic carbocycles. The Hall–Kier alpha value is -3.12. The summed E-state index contributed by atoms with van der Waals surface area (Å²) >= 11 is 13.8. The van der Waals surface area contributed by atoms with Gasteiger partial charge in [-0.3, -0.25) is 0 Å². The van der Waals surface area contributed by atoms with Gasteiger partial charge in [0, 0.05) is 28.0 Å². The first kappa shape index (κ1) is 26.0. The Morgan fingerprint density at radius 1 is 0.806 bits per heavy atom. The van der Waals surface area contributed by atoms with Crippen molar-refractivity contribution in [2.45, 2.75) is 17.9 Å². The summed E-state index contributed by atoms with van der Waals surface area (Å²) in [6, 6.07) is 30.6. The number of aromatic hydroxyl groups is 1. The standard InChI is InChI=1S/C29H26Cl2N2O2S/c1-35-27-14-4-21(5-15-27)18-19-33(20-22-2-12-26(34)13-3-22)29(32-25-10-6-23(30)7-11-25)36-28-16-8-24(31)9-17-28/h2-17,34H,18-20H2,1H3. The minimum Gasteiger partial charge on any atom is -0.508 e. The first-order valence-electron chi connectivity index (χ1n) is 11.4. The van der Waals surface area contributed by atoms with Crippen LogP contribution in [0.2, 0.25) is 10.0 Å². The first-order valence-corrected chi connectivity index (χ1v) is 13.0. The summed E-state index contributed by atoms with van der Waals surface area (Å²) in [7, 11) is 1.67. The number of hydrogen-bond acceptors (Lipinski definition) is 4. The van der Waals surface area contributed by atoms with E-state index in [0.29, 0.717) is 16.6 Å². The highest BCUT2D eigenvalue weighted by Crippen LogP contribution is 2.28. The topological polar surface area (TPSA) is 45.1 Å². The third-order valence-electron chi connectivity index (χ3n) is 5.48. The number of benzene rings is 4. The minimum atomic E-state index is 0.245. The summed E-state index contributed by atoms with van der Waals surface area (Å²) in [5, 5.41) is 12.0. The molecule has 0 spiro atoms. The van der Waals surface area contributed by atoms with E-state index in [2.05, 4.69) is 17.0 Å². The van der Waals surface area contributed by atoms with Gasteiger partial charge in [-0.25, -0.2) is 4.99 Å². The van der Waals surface area contributed by atoms with Crippen molar-refractivity contribution in [3.05, 3.63) is 118 Å². The van der Waals surface area contributed by atoms with E-state index in [-0.39, 0.29) is 5.75 Å². The molecule has 7 heteroatoms. The van der Waals surface area contributed by atoms with Crippen molar-refractivity contribution in [1.29, 1.82) is 0 Å². The molecule has 4 rings (SSSR count). The van der Waals surface area contributed by atoms with Gasteiger partial charge < -0.3 is 14.7 Å². The maximum Gasteiger partial charge on any atom is 0.169 e. The van der Waals surface area contributed by atoms with Gasteiger partial charge in [0.2, 0.25) is 0 Å². The Morgan fingerprint density at radius 2 is 1.39 bits per heavy atom. The second-order valence-corrected chi connectivity index (χ2v) is 10.0. The molecule has 0 saturated carbocycles. The summed E-state index contributed by atoms with van der Waals surface area (Å²) < 4.78 is 5.30. The van der Waals surface area contributed by atoms with E-state index >= 15 is 0 Å². The van der Waals surface area contributed by atoms with Crippen molar-refractivity contribution >= 4 is 45.8 Å². The summed E-state index contributed by atoms with van der Waals surface area (Å²) in [6.07, 6.45) is 0.822. The van der Waals surface area contributed by atoms with Gasteiger partial charge in [-0.1, -0.05) is 59.2 Å². The van der Waals surface area contributed by atoms with Crippen molar-refractivity contribution in [3.63, 3.8) is 0 Å². The quantitative estimate of drug-likeness (QED) is 0.140. The van der Waals surface area contributed by atoms with Crippen LogP contribution in [0.3, 0.4) is 0 Å². The van der Waals surface area contributed by atoms with Crippen molar-refractivity contribution < 1.29 is 9.84 Å². The van der Waals surface area contributed by atoms with Gasteiger partial charge in [0.15, 0.2) is 5.17 Å². The van der Waals surface area contributed by atoms with Gasteiger partial charge in [0.25, 0.3) is 0 Å². The highest BCUT2D eigenvalue weighted by atomic mass is 35.5. The van der Waals surface area contributed by atoms with E-state index in [0.717, 1.165) is 40.0 Å². The zero-order chi connectivity index (χ0) is 25.3. The third-order valence-corrected chi connectivity index (χ3v) is 7.03. The van der Waals surface area contributed by atoms with Crippen molar-refractivity contribution in [3.8, 4) is 11.5 Å². The highest BCUT2D eigenvalue weighted by molar-refractivity contribution is 8.13. The Labute approximate surface area is 226 Å². The lowest BCUT2D eigenvalue weighted by molar-refractivity contribution is 0.413. The molecular formula is C29H26Cl2N2O2S. The molecule has 184 valence electrons. The highest BCUT2D eigenvalue weighted by Gasteiger charge is 2.15. The molecule has 0 aliphatic heterocycles. The average Bonchev–Trinajstić information content (AvgIpc) is 2.90. The van der Waals surface area contributed by atoms with Gasteiger partial charge in [0.1, 0.15) is 11.5 Å². The number of thioether (sulfide) groups is 1. The lowest BCUT2D eigenvalue weighted by Gasteiger charge is -2.26. The van der Waals surface area contributed by atoms with Crippen molar-refractivity contribution in [1.82, 2.24) is 4.90 Å². The van der Waals surface area contributed by atoms with Crippen LogP contribution in [0.5, 0.6) is 11.5 Å². The molecule has 0 amide bonds. The Kier molecular flexibility index (Phi) is 9.17. The molecule has 0 atom stereocenters. The number of halogens is 2. The van der Waals surface area contributed by atoms with E-state index in [1.54, 1.807) is 31.0 Å². The fourth-order valence-electron chi connectivity index (χ4n) is 3.51. The Bertz CT molecular complexity index is 1280. The number of amidine groups is 1. The van der Waals surface area contributed by atoms with E-state index < -0.39 is 0 Å². The molecule has 0 radical (unpaired) electrons. The van der Waals surface area contributed by atoms with Crippen LogP contribution in [-0.2, 0) is 13.0 Å². The van der Waals surface area contributed by atoms with Gasteiger partial charge in [-0.15, -0.1) is 0 Å². The van der Waals surface area contributed by atoms with Crippen LogP contribution in [-0.4, -0.2) is 28.8 Å². The molecular weight excluding hydrogens is 511 g/mol. The Morgan fingerprint density at radius 3 is 2.00 bits per heavy atom. The summed E-state index contributed by atoms with van der Waals surface area (Å²) in [6.45, 7) is 1.36. The summed E-state index contributed by atoms with van der Waals surface area (Å²) in [4.78, 5) is 8.30. The first-order chi connectivity index (χ1) is 17.5. The second kappa shape index (κ2) is 12.7. The van der Waals surface area contributed by atoms with Crippen molar-refractivity contribution in [2.24, 2.45) is 4.99 Å². The molecule has 1 N–H and O–H groups in total. The maximum absolute atomic E-state index is 9.76. The number of aliphatic imine (C=N–C) groups is 1. The minimum absolute atomic E-state index is 0.245. The molecule has 0 aliphatic carbocycles. The molecule has 36 heavy (non-hydrogen) atoms. The molecule has 0 unspecified atom stereocenters. The predicted octanol–water partition coefficient (Wildman–Crippen LogP) is 8.23. The van der Waals surface area contributed by atoms with Crippen LogP contribution in [0, 0.1) is 0 Å². The number of ether oxygens (including phenoxy) is 1. The van der Waals surface area contributed by atoms with Crippen LogP contribution in [0.4, 0.5) is 5.69 Å². The fraction of sp³-hybridized carbons (Fsp3) is 0.138.